The number of amides is 1. The number of hydrogen-bond acceptors (Lipinski definition) is 7. The second kappa shape index (κ2) is 9.13. The van der Waals surface area contributed by atoms with Crippen LogP contribution >= 0.6 is 11.8 Å². The molecular formula is C22H22N4O4S. The van der Waals surface area contributed by atoms with Gasteiger partial charge in [0, 0.05) is 17.8 Å². The van der Waals surface area contributed by atoms with E-state index in [1.807, 2.05) is 29.7 Å². The molecular weight excluding hydrogens is 416 g/mol. The van der Waals surface area contributed by atoms with E-state index < -0.39 is 0 Å². The van der Waals surface area contributed by atoms with Gasteiger partial charge in [-0.15, -0.1) is 16.8 Å². The SMILES string of the molecule is C=CCn1c(S[C@H](C)C(=O)Nc2ccc(OC)cc2)nnc1-c1ccc2c(c1)OCO2. The fraction of sp³-hybridized carbons (Fsp3) is 0.227. The molecule has 0 unspecified atom stereocenters. The third kappa shape index (κ3) is 4.51. The Bertz CT molecular complexity index is 1100. The van der Waals surface area contributed by atoms with Crippen LogP contribution in [0.3, 0.4) is 0 Å². The first kappa shape index (κ1) is 20.8. The Labute approximate surface area is 184 Å². The molecule has 1 amide bonds. The van der Waals surface area contributed by atoms with E-state index in [1.165, 1.54) is 11.8 Å². The minimum atomic E-state index is -0.389. The summed E-state index contributed by atoms with van der Waals surface area (Å²) in [5, 5.41) is 11.8. The highest BCUT2D eigenvalue weighted by molar-refractivity contribution is 8.00. The first-order chi connectivity index (χ1) is 15.1. The van der Waals surface area contributed by atoms with Crippen molar-refractivity contribution in [2.75, 3.05) is 19.2 Å². The van der Waals surface area contributed by atoms with Crippen molar-refractivity contribution in [3.8, 4) is 28.6 Å². The summed E-state index contributed by atoms with van der Waals surface area (Å²) < 4.78 is 17.9. The molecule has 31 heavy (non-hydrogen) atoms. The number of rotatable bonds is 8. The summed E-state index contributed by atoms with van der Waals surface area (Å²) in [6, 6.07) is 12.8. The summed E-state index contributed by atoms with van der Waals surface area (Å²) in [5.74, 6) is 2.65. The lowest BCUT2D eigenvalue weighted by Crippen LogP contribution is -2.23. The molecule has 1 N–H and O–H groups in total. The van der Waals surface area contributed by atoms with Gasteiger partial charge in [0.1, 0.15) is 5.75 Å². The van der Waals surface area contributed by atoms with Gasteiger partial charge in [-0.25, -0.2) is 0 Å². The number of allylic oxidation sites excluding steroid dienone is 1. The van der Waals surface area contributed by atoms with Crippen LogP contribution in [0.25, 0.3) is 11.4 Å². The number of fused-ring (bicyclic) bond motifs is 1. The zero-order valence-corrected chi connectivity index (χ0v) is 18.0. The minimum absolute atomic E-state index is 0.132. The smallest absolute Gasteiger partial charge is 0.237 e. The minimum Gasteiger partial charge on any atom is -0.497 e. The van der Waals surface area contributed by atoms with E-state index in [9.17, 15) is 4.79 Å². The van der Waals surface area contributed by atoms with Crippen molar-refractivity contribution in [2.24, 2.45) is 0 Å². The molecule has 1 aliphatic rings. The van der Waals surface area contributed by atoms with E-state index in [0.29, 0.717) is 34.7 Å². The fourth-order valence-corrected chi connectivity index (χ4v) is 3.91. The largest absolute Gasteiger partial charge is 0.497 e. The monoisotopic (exact) mass is 438 g/mol. The lowest BCUT2D eigenvalue weighted by Gasteiger charge is -2.13. The molecule has 2 heterocycles. The number of hydrogen-bond donors (Lipinski definition) is 1. The van der Waals surface area contributed by atoms with Crippen LogP contribution < -0.4 is 19.5 Å². The Balaban J connectivity index is 1.51. The van der Waals surface area contributed by atoms with Crippen molar-refractivity contribution in [3.63, 3.8) is 0 Å². The van der Waals surface area contributed by atoms with Gasteiger partial charge < -0.3 is 19.5 Å². The second-order valence-corrected chi connectivity index (χ2v) is 8.06. The molecule has 9 heteroatoms. The first-order valence-corrected chi connectivity index (χ1v) is 10.5. The van der Waals surface area contributed by atoms with Gasteiger partial charge in [-0.1, -0.05) is 17.8 Å². The first-order valence-electron chi connectivity index (χ1n) is 9.64. The third-order valence-electron chi connectivity index (χ3n) is 4.67. The molecule has 0 saturated heterocycles. The Hall–Kier alpha value is -3.46. The predicted molar refractivity (Wildman–Crippen MR) is 119 cm³/mol. The van der Waals surface area contributed by atoms with E-state index in [4.69, 9.17) is 14.2 Å². The Morgan fingerprint density at radius 1 is 1.26 bits per heavy atom. The number of benzene rings is 2. The van der Waals surface area contributed by atoms with Crippen LogP contribution in [0.1, 0.15) is 6.92 Å². The van der Waals surface area contributed by atoms with Gasteiger partial charge in [0.05, 0.1) is 12.4 Å². The number of nitrogens with one attached hydrogen (secondary N) is 1. The van der Waals surface area contributed by atoms with Crippen LogP contribution in [0.5, 0.6) is 17.2 Å². The molecule has 1 aliphatic heterocycles. The number of nitrogens with zero attached hydrogens (tertiary/aromatic N) is 3. The molecule has 0 spiro atoms. The van der Waals surface area contributed by atoms with Crippen LogP contribution in [-0.4, -0.2) is 39.8 Å². The van der Waals surface area contributed by atoms with Crippen molar-refractivity contribution >= 4 is 23.4 Å². The lowest BCUT2D eigenvalue weighted by molar-refractivity contribution is -0.115. The zero-order valence-electron chi connectivity index (χ0n) is 17.2. The van der Waals surface area contributed by atoms with E-state index in [-0.39, 0.29) is 18.0 Å². The van der Waals surface area contributed by atoms with Gasteiger partial charge in [-0.05, 0) is 49.4 Å². The molecule has 0 radical (unpaired) electrons. The molecule has 0 fully saturated rings. The van der Waals surface area contributed by atoms with Crippen LogP contribution in [0.4, 0.5) is 5.69 Å². The summed E-state index contributed by atoms with van der Waals surface area (Å²) in [7, 11) is 1.60. The third-order valence-corrected chi connectivity index (χ3v) is 5.75. The van der Waals surface area contributed by atoms with Gasteiger partial charge in [0.2, 0.25) is 12.7 Å². The van der Waals surface area contributed by atoms with Crippen molar-refractivity contribution in [3.05, 3.63) is 55.1 Å². The average molecular weight is 439 g/mol. The predicted octanol–water partition coefficient (Wildman–Crippen LogP) is 3.99. The Morgan fingerprint density at radius 2 is 2.03 bits per heavy atom. The van der Waals surface area contributed by atoms with Crippen molar-refractivity contribution in [1.29, 1.82) is 0 Å². The number of methoxy groups -OCH3 is 1. The molecule has 0 saturated carbocycles. The molecule has 0 bridgehead atoms. The highest BCUT2D eigenvalue weighted by Crippen LogP contribution is 2.36. The number of carbonyl (C=O) groups is 1. The maximum atomic E-state index is 12.7. The van der Waals surface area contributed by atoms with Crippen molar-refractivity contribution in [1.82, 2.24) is 14.8 Å². The molecule has 1 aromatic heterocycles. The standard InChI is InChI=1S/C22H22N4O4S/c1-4-11-26-20(15-5-10-18-19(12-15)30-13-29-18)24-25-22(26)31-14(2)21(27)23-16-6-8-17(28-3)9-7-16/h4-10,12,14H,1,11,13H2,2-3H3,(H,23,27)/t14-/m1/s1. The number of anilines is 1. The molecule has 2 aromatic carbocycles. The average Bonchev–Trinajstić information content (AvgIpc) is 3.41. The number of aromatic nitrogens is 3. The highest BCUT2D eigenvalue weighted by atomic mass is 32.2. The lowest BCUT2D eigenvalue weighted by atomic mass is 10.2. The summed E-state index contributed by atoms with van der Waals surface area (Å²) in [6.45, 7) is 6.38. The van der Waals surface area contributed by atoms with E-state index in [1.54, 1.807) is 37.5 Å². The molecule has 1 atom stereocenters. The highest BCUT2D eigenvalue weighted by Gasteiger charge is 2.22. The molecule has 0 aliphatic carbocycles. The molecule has 160 valence electrons. The Kier molecular flexibility index (Phi) is 6.13. The van der Waals surface area contributed by atoms with Crippen molar-refractivity contribution in [2.45, 2.75) is 23.9 Å². The van der Waals surface area contributed by atoms with Gasteiger partial charge in [0.25, 0.3) is 0 Å². The topological polar surface area (TPSA) is 87.5 Å². The Morgan fingerprint density at radius 3 is 2.77 bits per heavy atom. The number of ether oxygens (including phenoxy) is 3. The zero-order chi connectivity index (χ0) is 21.8. The van der Waals surface area contributed by atoms with E-state index in [2.05, 4.69) is 22.1 Å². The quantitative estimate of drug-likeness (QED) is 0.420. The summed E-state index contributed by atoms with van der Waals surface area (Å²) in [6.07, 6.45) is 1.77. The fourth-order valence-electron chi connectivity index (χ4n) is 3.05. The van der Waals surface area contributed by atoms with Gasteiger partial charge in [0.15, 0.2) is 22.5 Å². The molecule has 8 nitrogen and oxygen atoms in total. The van der Waals surface area contributed by atoms with E-state index >= 15 is 0 Å². The van der Waals surface area contributed by atoms with Crippen molar-refractivity contribution < 1.29 is 19.0 Å². The summed E-state index contributed by atoms with van der Waals surface area (Å²) >= 11 is 1.34. The number of thioether (sulfide) groups is 1. The second-order valence-electron chi connectivity index (χ2n) is 6.75. The molecule has 4 rings (SSSR count). The summed E-state index contributed by atoms with van der Waals surface area (Å²) in [4.78, 5) is 12.7. The normalized spacial score (nSPS) is 13.0. The van der Waals surface area contributed by atoms with Gasteiger partial charge in [-0.3, -0.25) is 9.36 Å². The molecule has 3 aromatic rings. The maximum Gasteiger partial charge on any atom is 0.237 e. The van der Waals surface area contributed by atoms with Crippen LogP contribution in [0.2, 0.25) is 0 Å². The van der Waals surface area contributed by atoms with E-state index in [0.717, 1.165) is 11.3 Å². The van der Waals surface area contributed by atoms with Gasteiger partial charge >= 0.3 is 0 Å². The summed E-state index contributed by atoms with van der Waals surface area (Å²) in [5.41, 5.74) is 1.55. The van der Waals surface area contributed by atoms with Crippen LogP contribution in [0.15, 0.2) is 60.3 Å². The number of carbonyl (C=O) groups excluding carboxylic acids is 1. The van der Waals surface area contributed by atoms with Crippen LogP contribution in [-0.2, 0) is 11.3 Å². The van der Waals surface area contributed by atoms with Gasteiger partial charge in [-0.2, -0.15) is 0 Å². The van der Waals surface area contributed by atoms with Crippen LogP contribution in [0, 0.1) is 0 Å². The maximum absolute atomic E-state index is 12.7.